The molecular weight excluding hydrogens is 542 g/mol. The molecule has 8 nitrogen and oxygen atoms in total. The average Bonchev–Trinajstić information content (AvgIpc) is 3.17. The van der Waals surface area contributed by atoms with Crippen molar-refractivity contribution >= 4 is 35.0 Å². The van der Waals surface area contributed by atoms with Crippen LogP contribution in [0, 0.1) is 5.92 Å². The fourth-order valence-corrected chi connectivity index (χ4v) is 6.59. The molecule has 0 unspecified atom stereocenters. The first kappa shape index (κ1) is 28.4. The van der Waals surface area contributed by atoms with Crippen LogP contribution < -0.4 is 10.2 Å². The second-order valence-electron chi connectivity index (χ2n) is 10.9. The minimum Gasteiger partial charge on any atom is -0.375 e. The number of piperidine rings is 1. The van der Waals surface area contributed by atoms with Crippen LogP contribution in [0.4, 0.5) is 14.5 Å². The van der Waals surface area contributed by atoms with Crippen molar-refractivity contribution in [3.05, 3.63) is 58.4 Å². The lowest BCUT2D eigenvalue weighted by atomic mass is 9.73. The molecule has 1 aromatic carbocycles. The molecule has 2 aromatic rings. The highest BCUT2D eigenvalue weighted by molar-refractivity contribution is 6.30. The van der Waals surface area contributed by atoms with E-state index < -0.39 is 23.4 Å². The summed E-state index contributed by atoms with van der Waals surface area (Å²) in [5, 5.41) is 3.00. The second kappa shape index (κ2) is 11.8. The standard InChI is InChI=1S/C29H33ClF2N4O4/c1-40-17-24(37)35-12-10-29(11-13-35)22-4-2-3-5-23(22)36(28(29)39)16-18-6-8-20(9-7-18)34-27(38)21-14-19(30)15-33-25(21)26(31)32/h2-5,14-15,18,20,26H,6-13,16-17H2,1H3,(H,34,38). The third-order valence-corrected chi connectivity index (χ3v) is 8.77. The highest BCUT2D eigenvalue weighted by atomic mass is 35.5. The van der Waals surface area contributed by atoms with Crippen LogP contribution in [0.1, 0.15) is 66.6 Å². The minimum absolute atomic E-state index is 0.0378. The van der Waals surface area contributed by atoms with E-state index in [-0.39, 0.29) is 41.0 Å². The van der Waals surface area contributed by atoms with Crippen LogP contribution in [0.3, 0.4) is 0 Å². The van der Waals surface area contributed by atoms with Crippen molar-refractivity contribution in [2.45, 2.75) is 56.4 Å². The summed E-state index contributed by atoms with van der Waals surface area (Å²) in [6, 6.07) is 9.00. The number of halogens is 3. The Morgan fingerprint density at radius 3 is 2.55 bits per heavy atom. The topological polar surface area (TPSA) is 91.8 Å². The number of para-hydroxylation sites is 1. The highest BCUT2D eigenvalue weighted by Crippen LogP contribution is 2.48. The van der Waals surface area contributed by atoms with Crippen LogP contribution in [0.25, 0.3) is 0 Å². The molecule has 0 bridgehead atoms. The number of anilines is 1. The predicted molar refractivity (Wildman–Crippen MR) is 146 cm³/mol. The fraction of sp³-hybridized carbons (Fsp3) is 0.517. The number of carbonyl (C=O) groups excluding carboxylic acids is 3. The molecule has 40 heavy (non-hydrogen) atoms. The number of carbonyl (C=O) groups is 3. The van der Waals surface area contributed by atoms with E-state index in [1.165, 1.54) is 13.2 Å². The van der Waals surface area contributed by atoms with E-state index in [0.29, 0.717) is 45.3 Å². The van der Waals surface area contributed by atoms with Gasteiger partial charge >= 0.3 is 0 Å². The number of benzene rings is 1. The molecule has 1 aliphatic carbocycles. The Hall–Kier alpha value is -3.11. The number of hydrogen-bond acceptors (Lipinski definition) is 5. The molecular formula is C29H33ClF2N4O4. The van der Waals surface area contributed by atoms with Gasteiger partial charge in [-0.15, -0.1) is 0 Å². The zero-order valence-electron chi connectivity index (χ0n) is 22.4. The number of amides is 3. The summed E-state index contributed by atoms with van der Waals surface area (Å²) in [6.45, 7) is 1.64. The fourth-order valence-electron chi connectivity index (χ4n) is 6.43. The number of ether oxygens (including phenoxy) is 1. The molecule has 1 spiro atoms. The predicted octanol–water partition coefficient (Wildman–Crippen LogP) is 4.51. The van der Waals surface area contributed by atoms with E-state index in [0.717, 1.165) is 30.3 Å². The Morgan fingerprint density at radius 1 is 1.18 bits per heavy atom. The smallest absolute Gasteiger partial charge is 0.281 e. The number of nitrogens with zero attached hydrogens (tertiary/aromatic N) is 3. The molecule has 3 heterocycles. The van der Waals surface area contributed by atoms with Crippen molar-refractivity contribution in [2.75, 3.05) is 38.3 Å². The van der Waals surface area contributed by atoms with Crippen molar-refractivity contribution in [3.63, 3.8) is 0 Å². The maximum absolute atomic E-state index is 14.0. The summed E-state index contributed by atoms with van der Waals surface area (Å²) >= 11 is 5.90. The number of rotatable bonds is 7. The zero-order chi connectivity index (χ0) is 28.4. The second-order valence-corrected chi connectivity index (χ2v) is 11.3. The molecule has 2 fully saturated rings. The van der Waals surface area contributed by atoms with Crippen LogP contribution in [0.5, 0.6) is 0 Å². The van der Waals surface area contributed by atoms with Gasteiger partial charge < -0.3 is 19.9 Å². The van der Waals surface area contributed by atoms with Gasteiger partial charge in [0.25, 0.3) is 12.3 Å². The SMILES string of the molecule is COCC(=O)N1CCC2(CC1)C(=O)N(CC1CCC(NC(=O)c3cc(Cl)cnc3C(F)F)CC1)c1ccccc12. The summed E-state index contributed by atoms with van der Waals surface area (Å²) in [5.41, 5.74) is 0.560. The molecule has 1 saturated heterocycles. The van der Waals surface area contributed by atoms with Crippen LogP contribution >= 0.6 is 11.6 Å². The molecule has 1 saturated carbocycles. The van der Waals surface area contributed by atoms with Gasteiger partial charge in [-0.05, 0) is 62.1 Å². The van der Waals surface area contributed by atoms with Crippen LogP contribution in [0.2, 0.25) is 5.02 Å². The molecule has 1 aromatic heterocycles. The Balaban J connectivity index is 1.21. The minimum atomic E-state index is -2.88. The normalized spacial score (nSPS) is 22.1. The summed E-state index contributed by atoms with van der Waals surface area (Å²) < 4.78 is 31.7. The summed E-state index contributed by atoms with van der Waals surface area (Å²) in [5.74, 6) is -0.326. The highest BCUT2D eigenvalue weighted by Gasteiger charge is 2.52. The van der Waals surface area contributed by atoms with Crippen LogP contribution in [0.15, 0.2) is 36.5 Å². The first-order valence-corrected chi connectivity index (χ1v) is 14.0. The average molecular weight is 575 g/mol. The lowest BCUT2D eigenvalue weighted by Crippen LogP contribution is -2.51. The monoisotopic (exact) mass is 574 g/mol. The number of nitrogens with one attached hydrogen (secondary N) is 1. The first-order valence-electron chi connectivity index (χ1n) is 13.7. The number of fused-ring (bicyclic) bond motifs is 2. The number of aromatic nitrogens is 1. The number of hydrogen-bond donors (Lipinski definition) is 1. The third kappa shape index (κ3) is 5.43. The van der Waals surface area contributed by atoms with Gasteiger partial charge in [-0.25, -0.2) is 8.78 Å². The van der Waals surface area contributed by atoms with E-state index in [1.807, 2.05) is 29.2 Å². The Kier molecular flexibility index (Phi) is 8.37. The molecule has 1 N–H and O–H groups in total. The summed E-state index contributed by atoms with van der Waals surface area (Å²) in [7, 11) is 1.50. The molecule has 2 aliphatic heterocycles. The summed E-state index contributed by atoms with van der Waals surface area (Å²) in [4.78, 5) is 46.4. The van der Waals surface area contributed by atoms with Gasteiger partial charge in [0.1, 0.15) is 12.3 Å². The van der Waals surface area contributed by atoms with E-state index in [1.54, 1.807) is 4.90 Å². The maximum atomic E-state index is 14.0. The van der Waals surface area contributed by atoms with Gasteiger partial charge in [-0.1, -0.05) is 29.8 Å². The third-order valence-electron chi connectivity index (χ3n) is 8.56. The Labute approximate surface area is 237 Å². The molecule has 3 aliphatic rings. The van der Waals surface area contributed by atoms with Crippen LogP contribution in [-0.2, 0) is 19.7 Å². The van der Waals surface area contributed by atoms with Gasteiger partial charge in [0.2, 0.25) is 11.8 Å². The van der Waals surface area contributed by atoms with Gasteiger partial charge in [0.05, 0.1) is 16.0 Å². The number of alkyl halides is 2. The lowest BCUT2D eigenvalue weighted by Gasteiger charge is -2.39. The molecule has 3 amide bonds. The van der Waals surface area contributed by atoms with Gasteiger partial charge in [-0.3, -0.25) is 19.4 Å². The van der Waals surface area contributed by atoms with Gasteiger partial charge in [0, 0.05) is 44.7 Å². The van der Waals surface area contributed by atoms with Crippen LogP contribution in [-0.4, -0.2) is 67.0 Å². The number of likely N-dealkylation sites (tertiary alicyclic amines) is 1. The molecule has 0 atom stereocenters. The quantitative estimate of drug-likeness (QED) is 0.525. The van der Waals surface area contributed by atoms with Crippen molar-refractivity contribution in [1.29, 1.82) is 0 Å². The molecule has 5 rings (SSSR count). The number of pyridine rings is 1. The van der Waals surface area contributed by atoms with Crippen molar-refractivity contribution in [1.82, 2.24) is 15.2 Å². The van der Waals surface area contributed by atoms with E-state index >= 15 is 0 Å². The molecule has 11 heteroatoms. The number of methoxy groups -OCH3 is 1. The summed E-state index contributed by atoms with van der Waals surface area (Å²) in [6.07, 6.45) is 2.32. The molecule has 0 radical (unpaired) electrons. The van der Waals surface area contributed by atoms with Crippen molar-refractivity contribution in [2.24, 2.45) is 5.92 Å². The van der Waals surface area contributed by atoms with E-state index in [4.69, 9.17) is 16.3 Å². The van der Waals surface area contributed by atoms with E-state index in [9.17, 15) is 23.2 Å². The largest absolute Gasteiger partial charge is 0.375 e. The van der Waals surface area contributed by atoms with E-state index in [2.05, 4.69) is 10.3 Å². The molecule has 214 valence electrons. The van der Waals surface area contributed by atoms with Gasteiger partial charge in [-0.2, -0.15) is 0 Å². The van der Waals surface area contributed by atoms with Crippen molar-refractivity contribution in [3.8, 4) is 0 Å². The Morgan fingerprint density at radius 2 is 1.88 bits per heavy atom. The first-order chi connectivity index (χ1) is 19.2. The van der Waals surface area contributed by atoms with Gasteiger partial charge in [0.15, 0.2) is 0 Å². The maximum Gasteiger partial charge on any atom is 0.281 e. The lowest BCUT2D eigenvalue weighted by molar-refractivity contribution is -0.138. The zero-order valence-corrected chi connectivity index (χ0v) is 23.1. The Bertz CT molecular complexity index is 1280. The van der Waals surface area contributed by atoms with Crippen molar-refractivity contribution < 1.29 is 27.9 Å².